The molecule has 0 bridgehead atoms. The van der Waals surface area contributed by atoms with Gasteiger partial charge in [-0.2, -0.15) is 0 Å². The molecule has 1 saturated carbocycles. The van der Waals surface area contributed by atoms with Crippen molar-refractivity contribution in [3.63, 3.8) is 0 Å². The van der Waals surface area contributed by atoms with Gasteiger partial charge in [0.2, 0.25) is 0 Å². The van der Waals surface area contributed by atoms with Crippen LogP contribution in [0.1, 0.15) is 35.6 Å². The molecule has 5 heteroatoms. The first-order valence-corrected chi connectivity index (χ1v) is 9.26. The van der Waals surface area contributed by atoms with Crippen LogP contribution in [0.2, 0.25) is 0 Å². The number of urea groups is 1. The zero-order valence-electron chi connectivity index (χ0n) is 14.7. The molecule has 1 atom stereocenters. The van der Waals surface area contributed by atoms with Crippen LogP contribution < -0.4 is 11.1 Å². The van der Waals surface area contributed by atoms with Crippen molar-refractivity contribution in [3.05, 3.63) is 71.0 Å². The Bertz CT molecular complexity index is 786. The van der Waals surface area contributed by atoms with E-state index in [1.165, 1.54) is 17.7 Å². The molecule has 0 saturated heterocycles. The van der Waals surface area contributed by atoms with Gasteiger partial charge < -0.3 is 16.0 Å². The number of rotatable bonds is 3. The van der Waals surface area contributed by atoms with Gasteiger partial charge in [0.15, 0.2) is 0 Å². The lowest BCUT2D eigenvalue weighted by Gasteiger charge is -2.41. The lowest BCUT2D eigenvalue weighted by Crippen LogP contribution is -2.53. The second kappa shape index (κ2) is 7.08. The Morgan fingerprint density at radius 1 is 1.15 bits per heavy atom. The van der Waals surface area contributed by atoms with E-state index in [0.29, 0.717) is 19.0 Å². The summed E-state index contributed by atoms with van der Waals surface area (Å²) in [5.74, 6) is 0.256. The van der Waals surface area contributed by atoms with Crippen LogP contribution in [-0.2, 0) is 6.42 Å². The van der Waals surface area contributed by atoms with Crippen LogP contribution >= 0.6 is 0 Å². The van der Waals surface area contributed by atoms with E-state index in [0.717, 1.165) is 30.4 Å². The summed E-state index contributed by atoms with van der Waals surface area (Å²) in [6.07, 6.45) is 2.74. The molecule has 2 aromatic carbocycles. The Labute approximate surface area is 153 Å². The number of hydrogen-bond donors (Lipinski definition) is 2. The third kappa shape index (κ3) is 3.19. The van der Waals surface area contributed by atoms with Crippen LogP contribution in [0.3, 0.4) is 0 Å². The van der Waals surface area contributed by atoms with Crippen molar-refractivity contribution < 1.29 is 9.18 Å². The highest BCUT2D eigenvalue weighted by Crippen LogP contribution is 2.35. The van der Waals surface area contributed by atoms with Gasteiger partial charge >= 0.3 is 6.03 Å². The molecule has 1 aliphatic carbocycles. The summed E-state index contributed by atoms with van der Waals surface area (Å²) in [6, 6.07) is 14.6. The summed E-state index contributed by atoms with van der Waals surface area (Å²) in [6.45, 7) is 1.33. The van der Waals surface area contributed by atoms with Crippen LogP contribution in [-0.4, -0.2) is 30.1 Å². The summed E-state index contributed by atoms with van der Waals surface area (Å²) < 4.78 is 13.4. The number of nitrogens with zero attached hydrogens (tertiary/aromatic N) is 1. The monoisotopic (exact) mass is 353 g/mol. The predicted octanol–water partition coefficient (Wildman–Crippen LogP) is 3.22. The van der Waals surface area contributed by atoms with Crippen molar-refractivity contribution in [1.29, 1.82) is 0 Å². The number of benzene rings is 2. The maximum atomic E-state index is 13.4. The Kier molecular flexibility index (Phi) is 4.64. The molecular formula is C21H24FN3O. The van der Waals surface area contributed by atoms with Gasteiger partial charge in [0.1, 0.15) is 5.82 Å². The number of nitrogens with two attached hydrogens (primary N) is 1. The van der Waals surface area contributed by atoms with Gasteiger partial charge in [-0.3, -0.25) is 0 Å². The van der Waals surface area contributed by atoms with Gasteiger partial charge in [0.25, 0.3) is 0 Å². The number of amides is 2. The highest BCUT2D eigenvalue weighted by atomic mass is 19.1. The fraction of sp³-hybridized carbons (Fsp3) is 0.381. The van der Waals surface area contributed by atoms with E-state index in [1.54, 1.807) is 12.1 Å². The fourth-order valence-electron chi connectivity index (χ4n) is 4.09. The molecule has 3 N–H and O–H groups in total. The summed E-state index contributed by atoms with van der Waals surface area (Å²) in [4.78, 5) is 14.8. The molecule has 4 rings (SSSR count). The number of fused-ring (bicyclic) bond motifs is 1. The zero-order chi connectivity index (χ0) is 18.1. The minimum Gasteiger partial charge on any atom is -0.335 e. The molecule has 1 heterocycles. The number of carbonyl (C=O) groups excluding carboxylic acids is 1. The number of halogens is 1. The van der Waals surface area contributed by atoms with Crippen molar-refractivity contribution >= 4 is 6.03 Å². The molecule has 0 unspecified atom stereocenters. The average Bonchev–Trinajstić information content (AvgIpc) is 2.64. The van der Waals surface area contributed by atoms with Gasteiger partial charge in [0, 0.05) is 12.6 Å². The van der Waals surface area contributed by atoms with Crippen LogP contribution in [0.4, 0.5) is 9.18 Å². The van der Waals surface area contributed by atoms with Crippen molar-refractivity contribution in [2.45, 2.75) is 31.3 Å². The minimum absolute atomic E-state index is 0.0469. The third-order valence-corrected chi connectivity index (χ3v) is 5.63. The molecule has 2 aromatic rings. The van der Waals surface area contributed by atoms with E-state index < -0.39 is 0 Å². The molecule has 0 spiro atoms. The van der Waals surface area contributed by atoms with E-state index in [-0.39, 0.29) is 23.9 Å². The molecule has 136 valence electrons. The topological polar surface area (TPSA) is 58.4 Å². The second-order valence-corrected chi connectivity index (χ2v) is 7.32. The molecule has 0 aromatic heterocycles. The molecule has 1 aliphatic heterocycles. The smallest absolute Gasteiger partial charge is 0.318 e. The van der Waals surface area contributed by atoms with Gasteiger partial charge in [0.05, 0.1) is 6.04 Å². The third-order valence-electron chi connectivity index (χ3n) is 5.63. The predicted molar refractivity (Wildman–Crippen MR) is 99.2 cm³/mol. The average molecular weight is 353 g/mol. The van der Waals surface area contributed by atoms with E-state index >= 15 is 0 Å². The van der Waals surface area contributed by atoms with Gasteiger partial charge in [-0.1, -0.05) is 36.4 Å². The Balaban J connectivity index is 1.60. The SMILES string of the molecule is NCC1CC(NC(=O)N2CCc3ccccc3[C@@H]2c2ccc(F)cc2)C1. The summed E-state index contributed by atoms with van der Waals surface area (Å²) in [5, 5.41) is 3.15. The van der Waals surface area contributed by atoms with Gasteiger partial charge in [-0.25, -0.2) is 9.18 Å². The summed E-state index contributed by atoms with van der Waals surface area (Å²) >= 11 is 0. The van der Waals surface area contributed by atoms with Crippen molar-refractivity contribution in [2.75, 3.05) is 13.1 Å². The highest BCUT2D eigenvalue weighted by molar-refractivity contribution is 5.76. The van der Waals surface area contributed by atoms with Crippen LogP contribution in [0.25, 0.3) is 0 Å². The van der Waals surface area contributed by atoms with Crippen LogP contribution in [0, 0.1) is 11.7 Å². The molecule has 2 aliphatic rings. The number of hydrogen-bond acceptors (Lipinski definition) is 2. The zero-order valence-corrected chi connectivity index (χ0v) is 14.7. The van der Waals surface area contributed by atoms with Gasteiger partial charge in [-0.05, 0) is 60.5 Å². The van der Waals surface area contributed by atoms with Crippen molar-refractivity contribution in [2.24, 2.45) is 11.7 Å². The normalized spacial score (nSPS) is 24.5. The van der Waals surface area contributed by atoms with E-state index in [1.807, 2.05) is 17.0 Å². The maximum Gasteiger partial charge on any atom is 0.318 e. The summed E-state index contributed by atoms with van der Waals surface area (Å²) in [7, 11) is 0. The van der Waals surface area contributed by atoms with Crippen LogP contribution in [0.15, 0.2) is 48.5 Å². The number of carbonyl (C=O) groups is 1. The molecular weight excluding hydrogens is 329 g/mol. The second-order valence-electron chi connectivity index (χ2n) is 7.32. The van der Waals surface area contributed by atoms with E-state index in [9.17, 15) is 9.18 Å². The highest BCUT2D eigenvalue weighted by Gasteiger charge is 2.35. The first-order chi connectivity index (χ1) is 12.7. The van der Waals surface area contributed by atoms with Crippen molar-refractivity contribution in [3.8, 4) is 0 Å². The Hall–Kier alpha value is -2.40. The first kappa shape index (κ1) is 17.0. The molecule has 0 radical (unpaired) electrons. The lowest BCUT2D eigenvalue weighted by atomic mass is 9.80. The summed E-state index contributed by atoms with van der Waals surface area (Å²) in [5.41, 5.74) is 8.98. The molecule has 2 amide bonds. The lowest BCUT2D eigenvalue weighted by molar-refractivity contribution is 0.158. The Morgan fingerprint density at radius 2 is 1.88 bits per heavy atom. The first-order valence-electron chi connectivity index (χ1n) is 9.26. The van der Waals surface area contributed by atoms with Crippen molar-refractivity contribution in [1.82, 2.24) is 10.2 Å². The van der Waals surface area contributed by atoms with Crippen LogP contribution in [0.5, 0.6) is 0 Å². The Morgan fingerprint density at radius 3 is 2.62 bits per heavy atom. The fourth-order valence-corrected chi connectivity index (χ4v) is 4.09. The van der Waals surface area contributed by atoms with E-state index in [4.69, 9.17) is 5.73 Å². The largest absolute Gasteiger partial charge is 0.335 e. The van der Waals surface area contributed by atoms with E-state index in [2.05, 4.69) is 17.4 Å². The quantitative estimate of drug-likeness (QED) is 0.890. The minimum atomic E-state index is -0.267. The standard InChI is InChI=1S/C21H24FN3O/c22-17-7-5-16(6-8-17)20-19-4-2-1-3-15(19)9-10-25(20)21(26)24-18-11-14(12-18)13-23/h1-8,14,18,20H,9-13,23H2,(H,24,26)/t14?,18?,20-/m0/s1. The van der Waals surface area contributed by atoms with Gasteiger partial charge in [-0.15, -0.1) is 0 Å². The molecule has 26 heavy (non-hydrogen) atoms. The molecule has 4 nitrogen and oxygen atoms in total. The number of nitrogens with one attached hydrogen (secondary N) is 1. The maximum absolute atomic E-state index is 13.4. The molecule has 1 fully saturated rings.